The molecular formula is C17H14F2N2O3. The molecule has 0 aliphatic carbocycles. The minimum Gasteiger partial charge on any atom is -0.467 e. The molecule has 0 radical (unpaired) electrons. The molecule has 0 fully saturated rings. The Labute approximate surface area is 136 Å². The maximum atomic E-state index is 13.7. The van der Waals surface area contributed by atoms with Crippen LogP contribution in [-0.2, 0) is 17.8 Å². The van der Waals surface area contributed by atoms with Crippen molar-refractivity contribution in [1.29, 1.82) is 0 Å². The molecule has 3 rings (SSSR count). The highest BCUT2D eigenvalue weighted by atomic mass is 19.1. The Hall–Kier alpha value is -2.96. The van der Waals surface area contributed by atoms with Crippen molar-refractivity contribution < 1.29 is 22.4 Å². The highest BCUT2D eigenvalue weighted by Gasteiger charge is 2.13. The number of aromatic nitrogens is 1. The van der Waals surface area contributed by atoms with E-state index in [4.69, 9.17) is 8.83 Å². The van der Waals surface area contributed by atoms with E-state index in [1.165, 1.54) is 18.5 Å². The first-order chi connectivity index (χ1) is 11.6. The molecule has 1 N–H and O–H groups in total. The SMILES string of the molecule is O=C(CCc1ncc(-c2ccc(F)cc2F)o1)NCc1ccco1. The van der Waals surface area contributed by atoms with E-state index in [-0.39, 0.29) is 30.1 Å². The van der Waals surface area contributed by atoms with Gasteiger partial charge in [-0.05, 0) is 24.3 Å². The van der Waals surface area contributed by atoms with Gasteiger partial charge in [-0.2, -0.15) is 0 Å². The number of hydrogen-bond donors (Lipinski definition) is 1. The monoisotopic (exact) mass is 332 g/mol. The predicted molar refractivity (Wildman–Crippen MR) is 80.7 cm³/mol. The van der Waals surface area contributed by atoms with Crippen LogP contribution in [0.25, 0.3) is 11.3 Å². The molecule has 0 unspecified atom stereocenters. The molecule has 2 aromatic heterocycles. The van der Waals surface area contributed by atoms with Crippen molar-refractivity contribution in [2.75, 3.05) is 0 Å². The lowest BCUT2D eigenvalue weighted by atomic mass is 10.2. The molecule has 2 heterocycles. The molecule has 3 aromatic rings. The second-order valence-corrected chi connectivity index (χ2v) is 5.10. The Kier molecular flexibility index (Phi) is 4.69. The number of rotatable bonds is 6. The summed E-state index contributed by atoms with van der Waals surface area (Å²) in [5, 5.41) is 2.71. The van der Waals surface area contributed by atoms with E-state index in [0.717, 1.165) is 12.1 Å². The van der Waals surface area contributed by atoms with Crippen molar-refractivity contribution in [2.24, 2.45) is 0 Å². The van der Waals surface area contributed by atoms with E-state index in [2.05, 4.69) is 10.3 Å². The van der Waals surface area contributed by atoms with Crippen LogP contribution in [0.15, 0.2) is 51.6 Å². The molecule has 124 valence electrons. The molecule has 0 spiro atoms. The van der Waals surface area contributed by atoms with E-state index in [9.17, 15) is 13.6 Å². The molecule has 1 amide bonds. The summed E-state index contributed by atoms with van der Waals surface area (Å²) < 4.78 is 37.1. The number of benzene rings is 1. The first kappa shape index (κ1) is 15.9. The summed E-state index contributed by atoms with van der Waals surface area (Å²) in [6.45, 7) is 0.309. The zero-order valence-corrected chi connectivity index (χ0v) is 12.6. The summed E-state index contributed by atoms with van der Waals surface area (Å²) in [4.78, 5) is 15.8. The average Bonchev–Trinajstić information content (AvgIpc) is 3.22. The molecule has 0 saturated carbocycles. The highest BCUT2D eigenvalue weighted by molar-refractivity contribution is 5.75. The zero-order chi connectivity index (χ0) is 16.9. The van der Waals surface area contributed by atoms with E-state index in [0.29, 0.717) is 18.2 Å². The first-order valence-corrected chi connectivity index (χ1v) is 7.31. The number of oxazole rings is 1. The lowest BCUT2D eigenvalue weighted by Crippen LogP contribution is -2.22. The fraction of sp³-hybridized carbons (Fsp3) is 0.176. The van der Waals surface area contributed by atoms with E-state index in [1.54, 1.807) is 12.1 Å². The standard InChI is InChI=1S/C17H14F2N2O3/c18-11-3-4-13(14(19)8-11)15-10-21-17(24-15)6-5-16(22)20-9-12-2-1-7-23-12/h1-4,7-8,10H,5-6,9H2,(H,20,22). The summed E-state index contributed by atoms with van der Waals surface area (Å²) in [5.41, 5.74) is 0.123. The van der Waals surface area contributed by atoms with Gasteiger partial charge in [0.15, 0.2) is 11.7 Å². The first-order valence-electron chi connectivity index (χ1n) is 7.31. The zero-order valence-electron chi connectivity index (χ0n) is 12.6. The molecule has 0 atom stereocenters. The summed E-state index contributed by atoms with van der Waals surface area (Å²) in [5.74, 6) is -0.411. The predicted octanol–water partition coefficient (Wildman–Crippen LogP) is 3.46. The number of nitrogens with zero attached hydrogens (tertiary/aromatic N) is 1. The van der Waals surface area contributed by atoms with Gasteiger partial charge in [-0.3, -0.25) is 4.79 Å². The average molecular weight is 332 g/mol. The lowest BCUT2D eigenvalue weighted by Gasteiger charge is -2.02. The number of amides is 1. The van der Waals surface area contributed by atoms with Crippen LogP contribution in [-0.4, -0.2) is 10.9 Å². The molecule has 7 heteroatoms. The summed E-state index contributed by atoms with van der Waals surface area (Å²) in [7, 11) is 0. The third kappa shape index (κ3) is 3.87. The van der Waals surface area contributed by atoms with Crippen molar-refractivity contribution in [3.05, 3.63) is 66.1 Å². The number of nitrogens with one attached hydrogen (secondary N) is 1. The van der Waals surface area contributed by atoms with Crippen molar-refractivity contribution in [1.82, 2.24) is 10.3 Å². The summed E-state index contributed by atoms with van der Waals surface area (Å²) in [6, 6.07) is 6.70. The van der Waals surface area contributed by atoms with E-state index >= 15 is 0 Å². The second-order valence-electron chi connectivity index (χ2n) is 5.10. The number of furan rings is 1. The molecule has 0 aliphatic heterocycles. The Bertz CT molecular complexity index is 828. The Morgan fingerprint density at radius 1 is 1.25 bits per heavy atom. The maximum Gasteiger partial charge on any atom is 0.220 e. The molecule has 0 aliphatic rings. The van der Waals surface area contributed by atoms with Gasteiger partial charge in [0.25, 0.3) is 0 Å². The van der Waals surface area contributed by atoms with Crippen molar-refractivity contribution >= 4 is 5.91 Å². The fourth-order valence-electron chi connectivity index (χ4n) is 2.15. The largest absolute Gasteiger partial charge is 0.467 e. The van der Waals surface area contributed by atoms with Gasteiger partial charge in [0.05, 0.1) is 24.6 Å². The van der Waals surface area contributed by atoms with Crippen LogP contribution in [0.2, 0.25) is 0 Å². The van der Waals surface area contributed by atoms with E-state index in [1.807, 2.05) is 0 Å². The number of halogens is 2. The van der Waals surface area contributed by atoms with Gasteiger partial charge in [0, 0.05) is 18.9 Å². The van der Waals surface area contributed by atoms with Gasteiger partial charge in [-0.25, -0.2) is 13.8 Å². The smallest absolute Gasteiger partial charge is 0.220 e. The Morgan fingerprint density at radius 2 is 2.12 bits per heavy atom. The van der Waals surface area contributed by atoms with Crippen LogP contribution in [0.5, 0.6) is 0 Å². The fourth-order valence-corrected chi connectivity index (χ4v) is 2.15. The summed E-state index contributed by atoms with van der Waals surface area (Å²) in [6.07, 6.45) is 3.33. The van der Waals surface area contributed by atoms with Gasteiger partial charge in [0.2, 0.25) is 5.91 Å². The van der Waals surface area contributed by atoms with Crippen LogP contribution in [0.4, 0.5) is 8.78 Å². The Morgan fingerprint density at radius 3 is 2.88 bits per heavy atom. The third-order valence-corrected chi connectivity index (χ3v) is 3.36. The second kappa shape index (κ2) is 7.08. The van der Waals surface area contributed by atoms with Crippen LogP contribution >= 0.6 is 0 Å². The van der Waals surface area contributed by atoms with E-state index < -0.39 is 11.6 Å². The molecular weight excluding hydrogens is 318 g/mol. The molecule has 0 bridgehead atoms. The van der Waals surface area contributed by atoms with Crippen LogP contribution in [0, 0.1) is 11.6 Å². The quantitative estimate of drug-likeness (QED) is 0.750. The lowest BCUT2D eigenvalue weighted by molar-refractivity contribution is -0.121. The number of hydrogen-bond acceptors (Lipinski definition) is 4. The van der Waals surface area contributed by atoms with Gasteiger partial charge >= 0.3 is 0 Å². The van der Waals surface area contributed by atoms with Crippen LogP contribution in [0.3, 0.4) is 0 Å². The van der Waals surface area contributed by atoms with Crippen molar-refractivity contribution in [3.63, 3.8) is 0 Å². The molecule has 0 saturated heterocycles. The van der Waals surface area contributed by atoms with Gasteiger partial charge in [-0.1, -0.05) is 0 Å². The number of carbonyl (C=O) groups is 1. The number of carbonyl (C=O) groups excluding carboxylic acids is 1. The van der Waals surface area contributed by atoms with Gasteiger partial charge < -0.3 is 14.2 Å². The van der Waals surface area contributed by atoms with Crippen LogP contribution < -0.4 is 5.32 Å². The Balaban J connectivity index is 1.55. The van der Waals surface area contributed by atoms with Gasteiger partial charge in [0.1, 0.15) is 17.4 Å². The minimum atomic E-state index is -0.728. The van der Waals surface area contributed by atoms with Gasteiger partial charge in [-0.15, -0.1) is 0 Å². The molecule has 1 aromatic carbocycles. The molecule has 5 nitrogen and oxygen atoms in total. The van der Waals surface area contributed by atoms with Crippen molar-refractivity contribution in [3.8, 4) is 11.3 Å². The third-order valence-electron chi connectivity index (χ3n) is 3.36. The highest BCUT2D eigenvalue weighted by Crippen LogP contribution is 2.24. The maximum absolute atomic E-state index is 13.7. The normalized spacial score (nSPS) is 10.8. The number of aryl methyl sites for hydroxylation is 1. The van der Waals surface area contributed by atoms with Crippen molar-refractivity contribution in [2.45, 2.75) is 19.4 Å². The molecule has 24 heavy (non-hydrogen) atoms. The minimum absolute atomic E-state index is 0.123. The van der Waals surface area contributed by atoms with Crippen LogP contribution in [0.1, 0.15) is 18.1 Å². The summed E-state index contributed by atoms with van der Waals surface area (Å²) >= 11 is 0. The topological polar surface area (TPSA) is 68.3 Å².